The molecule has 13 heavy (non-hydrogen) atoms. The van der Waals surface area contributed by atoms with Gasteiger partial charge in [0.15, 0.2) is 0 Å². The fourth-order valence-corrected chi connectivity index (χ4v) is 1.09. The molecule has 0 amide bonds. The van der Waals surface area contributed by atoms with Gasteiger partial charge in [0.05, 0.1) is 12.3 Å². The molecular formula is C9H17N3O. The molecule has 0 fully saturated rings. The second-order valence-corrected chi connectivity index (χ2v) is 3.65. The number of aliphatic hydroxyl groups excluding tert-OH is 1. The average Bonchev–Trinajstić information content (AvgIpc) is 2.50. The molecule has 4 heteroatoms. The SMILES string of the molecule is CC(N)C(O)c1cnn(C(C)C)c1. The summed E-state index contributed by atoms with van der Waals surface area (Å²) in [6.45, 7) is 5.85. The van der Waals surface area contributed by atoms with E-state index in [-0.39, 0.29) is 6.04 Å². The van der Waals surface area contributed by atoms with Gasteiger partial charge >= 0.3 is 0 Å². The van der Waals surface area contributed by atoms with E-state index in [0.717, 1.165) is 5.56 Å². The number of rotatable bonds is 3. The maximum absolute atomic E-state index is 9.61. The minimum Gasteiger partial charge on any atom is -0.387 e. The molecular weight excluding hydrogens is 166 g/mol. The van der Waals surface area contributed by atoms with E-state index in [4.69, 9.17) is 5.73 Å². The summed E-state index contributed by atoms with van der Waals surface area (Å²) in [6.07, 6.45) is 2.87. The molecule has 2 unspecified atom stereocenters. The lowest BCUT2D eigenvalue weighted by molar-refractivity contribution is 0.153. The summed E-state index contributed by atoms with van der Waals surface area (Å²) in [7, 11) is 0. The fraction of sp³-hybridized carbons (Fsp3) is 0.667. The number of aliphatic hydroxyl groups is 1. The Balaban J connectivity index is 2.79. The second-order valence-electron chi connectivity index (χ2n) is 3.65. The molecule has 0 saturated carbocycles. The van der Waals surface area contributed by atoms with Crippen molar-refractivity contribution >= 4 is 0 Å². The molecule has 0 aliphatic carbocycles. The largest absolute Gasteiger partial charge is 0.387 e. The highest BCUT2D eigenvalue weighted by molar-refractivity contribution is 5.10. The first kappa shape index (κ1) is 10.2. The summed E-state index contributed by atoms with van der Waals surface area (Å²) in [6, 6.07) is 0.0545. The van der Waals surface area contributed by atoms with Crippen LogP contribution in [0.1, 0.15) is 38.5 Å². The smallest absolute Gasteiger partial charge is 0.0968 e. The minimum absolute atomic E-state index is 0.259. The lowest BCUT2D eigenvalue weighted by Gasteiger charge is -2.11. The molecule has 3 N–H and O–H groups in total. The van der Waals surface area contributed by atoms with E-state index in [0.29, 0.717) is 6.04 Å². The van der Waals surface area contributed by atoms with Crippen molar-refractivity contribution in [1.82, 2.24) is 9.78 Å². The molecule has 0 aromatic carbocycles. The molecule has 1 rings (SSSR count). The zero-order chi connectivity index (χ0) is 10.0. The van der Waals surface area contributed by atoms with Gasteiger partial charge in [-0.2, -0.15) is 5.10 Å². The normalized spacial score (nSPS) is 16.2. The second kappa shape index (κ2) is 3.89. The Morgan fingerprint density at radius 3 is 2.46 bits per heavy atom. The van der Waals surface area contributed by atoms with Gasteiger partial charge in [0.2, 0.25) is 0 Å². The lowest BCUT2D eigenvalue weighted by atomic mass is 10.1. The Hall–Kier alpha value is -0.870. The van der Waals surface area contributed by atoms with Gasteiger partial charge in [0.25, 0.3) is 0 Å². The molecule has 1 aromatic rings. The molecule has 0 radical (unpaired) electrons. The Kier molecular flexibility index (Phi) is 3.06. The average molecular weight is 183 g/mol. The van der Waals surface area contributed by atoms with Crippen molar-refractivity contribution < 1.29 is 5.11 Å². The van der Waals surface area contributed by atoms with Crippen LogP contribution in [-0.4, -0.2) is 20.9 Å². The highest BCUT2D eigenvalue weighted by Crippen LogP contribution is 2.15. The Bertz CT molecular complexity index is 268. The van der Waals surface area contributed by atoms with E-state index in [1.165, 1.54) is 0 Å². The Labute approximate surface area is 78.4 Å². The lowest BCUT2D eigenvalue weighted by Crippen LogP contribution is -2.24. The maximum Gasteiger partial charge on any atom is 0.0968 e. The summed E-state index contributed by atoms with van der Waals surface area (Å²) >= 11 is 0. The van der Waals surface area contributed by atoms with E-state index in [1.54, 1.807) is 17.8 Å². The third-order valence-electron chi connectivity index (χ3n) is 1.99. The van der Waals surface area contributed by atoms with E-state index >= 15 is 0 Å². The molecule has 0 spiro atoms. The number of hydrogen-bond donors (Lipinski definition) is 2. The molecule has 74 valence electrons. The zero-order valence-corrected chi connectivity index (χ0v) is 8.31. The van der Waals surface area contributed by atoms with Gasteiger partial charge in [0, 0.05) is 23.8 Å². The van der Waals surface area contributed by atoms with Gasteiger partial charge in [-0.3, -0.25) is 4.68 Å². The minimum atomic E-state index is -0.618. The van der Waals surface area contributed by atoms with Gasteiger partial charge < -0.3 is 10.8 Å². The van der Waals surface area contributed by atoms with Crippen LogP contribution in [0.5, 0.6) is 0 Å². The van der Waals surface area contributed by atoms with Crippen LogP contribution in [0, 0.1) is 0 Å². The van der Waals surface area contributed by atoms with E-state index in [9.17, 15) is 5.11 Å². The van der Waals surface area contributed by atoms with Crippen molar-refractivity contribution in [1.29, 1.82) is 0 Å². The molecule has 2 atom stereocenters. The van der Waals surface area contributed by atoms with Crippen LogP contribution >= 0.6 is 0 Å². The van der Waals surface area contributed by atoms with Gasteiger partial charge in [0.1, 0.15) is 0 Å². The zero-order valence-electron chi connectivity index (χ0n) is 8.31. The molecule has 0 aliphatic rings. The Morgan fingerprint density at radius 1 is 1.46 bits per heavy atom. The highest BCUT2D eigenvalue weighted by atomic mass is 16.3. The predicted octanol–water partition coefficient (Wildman–Crippen LogP) is 0.845. The van der Waals surface area contributed by atoms with Gasteiger partial charge in [-0.25, -0.2) is 0 Å². The van der Waals surface area contributed by atoms with Crippen molar-refractivity contribution in [3.05, 3.63) is 18.0 Å². The van der Waals surface area contributed by atoms with Crippen LogP contribution in [0.15, 0.2) is 12.4 Å². The van der Waals surface area contributed by atoms with Crippen LogP contribution in [0.25, 0.3) is 0 Å². The predicted molar refractivity (Wildman–Crippen MR) is 51.2 cm³/mol. The molecule has 0 saturated heterocycles. The van der Waals surface area contributed by atoms with Crippen molar-refractivity contribution in [2.24, 2.45) is 5.73 Å². The topological polar surface area (TPSA) is 64.1 Å². The molecule has 0 bridgehead atoms. The summed E-state index contributed by atoms with van der Waals surface area (Å²) in [5.74, 6) is 0. The van der Waals surface area contributed by atoms with Crippen LogP contribution < -0.4 is 5.73 Å². The van der Waals surface area contributed by atoms with E-state index in [1.807, 2.05) is 20.0 Å². The monoisotopic (exact) mass is 183 g/mol. The number of aromatic nitrogens is 2. The summed E-state index contributed by atoms with van der Waals surface area (Å²) in [5, 5.41) is 13.7. The highest BCUT2D eigenvalue weighted by Gasteiger charge is 2.14. The summed E-state index contributed by atoms with van der Waals surface area (Å²) in [4.78, 5) is 0. The fourth-order valence-electron chi connectivity index (χ4n) is 1.09. The van der Waals surface area contributed by atoms with E-state index < -0.39 is 6.10 Å². The first-order valence-corrected chi connectivity index (χ1v) is 4.50. The van der Waals surface area contributed by atoms with Gasteiger partial charge in [-0.15, -0.1) is 0 Å². The van der Waals surface area contributed by atoms with Gasteiger partial charge in [-0.05, 0) is 20.8 Å². The molecule has 4 nitrogen and oxygen atoms in total. The van der Waals surface area contributed by atoms with Gasteiger partial charge in [-0.1, -0.05) is 0 Å². The quantitative estimate of drug-likeness (QED) is 0.730. The molecule has 0 aliphatic heterocycles. The summed E-state index contributed by atoms with van der Waals surface area (Å²) < 4.78 is 1.81. The third-order valence-corrected chi connectivity index (χ3v) is 1.99. The number of nitrogens with two attached hydrogens (primary N) is 1. The number of hydrogen-bond acceptors (Lipinski definition) is 3. The first-order chi connectivity index (χ1) is 6.02. The number of nitrogens with zero attached hydrogens (tertiary/aromatic N) is 2. The summed E-state index contributed by atoms with van der Waals surface area (Å²) in [5.41, 5.74) is 6.35. The van der Waals surface area contributed by atoms with Crippen molar-refractivity contribution in [2.45, 2.75) is 39.0 Å². The standard InChI is InChI=1S/C9H17N3O/c1-6(2)12-5-8(4-11-12)9(13)7(3)10/h4-7,9,13H,10H2,1-3H3. The van der Waals surface area contributed by atoms with E-state index in [2.05, 4.69) is 5.10 Å². The maximum atomic E-state index is 9.61. The van der Waals surface area contributed by atoms with Crippen molar-refractivity contribution in [2.75, 3.05) is 0 Å². The molecule has 1 aromatic heterocycles. The van der Waals surface area contributed by atoms with Crippen LogP contribution in [-0.2, 0) is 0 Å². The third kappa shape index (κ3) is 2.29. The van der Waals surface area contributed by atoms with Crippen molar-refractivity contribution in [3.8, 4) is 0 Å². The van der Waals surface area contributed by atoms with Crippen LogP contribution in [0.4, 0.5) is 0 Å². The van der Waals surface area contributed by atoms with Crippen molar-refractivity contribution in [3.63, 3.8) is 0 Å². The first-order valence-electron chi connectivity index (χ1n) is 4.50. The van der Waals surface area contributed by atoms with Crippen LogP contribution in [0.2, 0.25) is 0 Å². The Morgan fingerprint density at radius 2 is 2.08 bits per heavy atom. The van der Waals surface area contributed by atoms with Crippen LogP contribution in [0.3, 0.4) is 0 Å². The molecule has 1 heterocycles.